The minimum absolute atomic E-state index is 0.0258. The van der Waals surface area contributed by atoms with Crippen molar-refractivity contribution < 1.29 is 9.53 Å². The van der Waals surface area contributed by atoms with Crippen LogP contribution in [-0.2, 0) is 11.3 Å². The molecule has 0 aliphatic carbocycles. The lowest BCUT2D eigenvalue weighted by Gasteiger charge is -2.18. The van der Waals surface area contributed by atoms with E-state index in [1.54, 1.807) is 0 Å². The number of likely N-dealkylation sites (N-methyl/N-ethyl adjacent to an activating group) is 1. The van der Waals surface area contributed by atoms with Gasteiger partial charge in [-0.2, -0.15) is 0 Å². The Morgan fingerprint density at radius 2 is 1.82 bits per heavy atom. The van der Waals surface area contributed by atoms with E-state index in [1.165, 1.54) is 0 Å². The van der Waals surface area contributed by atoms with E-state index >= 15 is 0 Å². The van der Waals surface area contributed by atoms with Crippen molar-refractivity contribution in [3.63, 3.8) is 0 Å². The SMILES string of the molecule is CCN(CC)CCNCc1cc(Br)ccc1OCC(=O)Nc1ccc(C)cc1. The summed E-state index contributed by atoms with van der Waals surface area (Å²) in [5.41, 5.74) is 2.95. The van der Waals surface area contributed by atoms with Gasteiger partial charge >= 0.3 is 0 Å². The van der Waals surface area contributed by atoms with E-state index in [2.05, 4.69) is 45.3 Å². The topological polar surface area (TPSA) is 53.6 Å². The van der Waals surface area contributed by atoms with Crippen molar-refractivity contribution in [3.05, 3.63) is 58.1 Å². The second-order valence-corrected chi connectivity index (χ2v) is 7.57. The average Bonchev–Trinajstić information content (AvgIpc) is 2.69. The number of hydrogen-bond donors (Lipinski definition) is 2. The Hall–Kier alpha value is -1.89. The first-order valence-corrected chi connectivity index (χ1v) is 10.5. The van der Waals surface area contributed by atoms with E-state index in [0.29, 0.717) is 6.54 Å². The quantitative estimate of drug-likeness (QED) is 0.506. The van der Waals surface area contributed by atoms with Crippen LogP contribution in [0, 0.1) is 6.92 Å². The molecule has 0 atom stereocenters. The van der Waals surface area contributed by atoms with Crippen molar-refractivity contribution in [1.29, 1.82) is 0 Å². The van der Waals surface area contributed by atoms with Gasteiger partial charge in [0.2, 0.25) is 0 Å². The number of rotatable bonds is 11. The van der Waals surface area contributed by atoms with Crippen LogP contribution in [0.1, 0.15) is 25.0 Å². The van der Waals surface area contributed by atoms with Crippen molar-refractivity contribution in [2.45, 2.75) is 27.3 Å². The lowest BCUT2D eigenvalue weighted by Crippen LogP contribution is -2.31. The van der Waals surface area contributed by atoms with E-state index in [9.17, 15) is 4.79 Å². The van der Waals surface area contributed by atoms with Gasteiger partial charge in [0, 0.05) is 35.4 Å². The highest BCUT2D eigenvalue weighted by atomic mass is 79.9. The number of hydrogen-bond acceptors (Lipinski definition) is 4. The number of nitrogens with one attached hydrogen (secondary N) is 2. The molecule has 2 rings (SSSR count). The number of halogens is 1. The minimum Gasteiger partial charge on any atom is -0.483 e. The molecule has 1 amide bonds. The molecule has 28 heavy (non-hydrogen) atoms. The van der Waals surface area contributed by atoms with Crippen LogP contribution < -0.4 is 15.4 Å². The molecule has 6 heteroatoms. The summed E-state index contributed by atoms with van der Waals surface area (Å²) in [4.78, 5) is 14.6. The van der Waals surface area contributed by atoms with E-state index < -0.39 is 0 Å². The van der Waals surface area contributed by atoms with Gasteiger partial charge in [0.25, 0.3) is 5.91 Å². The van der Waals surface area contributed by atoms with E-state index in [0.717, 1.165) is 53.2 Å². The van der Waals surface area contributed by atoms with E-state index in [1.807, 2.05) is 49.4 Å². The Kier molecular flexibility index (Phi) is 9.47. The molecular weight excluding hydrogens is 418 g/mol. The molecule has 0 spiro atoms. The Bertz CT molecular complexity index is 746. The first-order chi connectivity index (χ1) is 13.5. The molecule has 0 saturated carbocycles. The van der Waals surface area contributed by atoms with Gasteiger partial charge in [-0.25, -0.2) is 0 Å². The zero-order valence-electron chi connectivity index (χ0n) is 16.9. The molecule has 5 nitrogen and oxygen atoms in total. The number of benzene rings is 2. The largest absolute Gasteiger partial charge is 0.483 e. The average molecular weight is 448 g/mol. The second kappa shape index (κ2) is 11.8. The number of ether oxygens (including phenoxy) is 1. The monoisotopic (exact) mass is 447 g/mol. The summed E-state index contributed by atoms with van der Waals surface area (Å²) in [5.74, 6) is 0.546. The summed E-state index contributed by atoms with van der Waals surface area (Å²) in [6.07, 6.45) is 0. The zero-order valence-corrected chi connectivity index (χ0v) is 18.5. The van der Waals surface area contributed by atoms with Crippen molar-refractivity contribution in [3.8, 4) is 5.75 Å². The Morgan fingerprint density at radius 1 is 1.11 bits per heavy atom. The van der Waals surface area contributed by atoms with E-state index in [4.69, 9.17) is 4.74 Å². The van der Waals surface area contributed by atoms with Gasteiger partial charge in [0.05, 0.1) is 0 Å². The molecular formula is C22H30BrN3O2. The summed E-state index contributed by atoms with van der Waals surface area (Å²) in [6, 6.07) is 13.5. The van der Waals surface area contributed by atoms with Crippen molar-refractivity contribution >= 4 is 27.5 Å². The van der Waals surface area contributed by atoms with Crippen LogP contribution in [0.2, 0.25) is 0 Å². The number of nitrogens with zero attached hydrogens (tertiary/aromatic N) is 1. The van der Waals surface area contributed by atoms with Crippen molar-refractivity contribution in [1.82, 2.24) is 10.2 Å². The first-order valence-electron chi connectivity index (χ1n) is 9.72. The van der Waals surface area contributed by atoms with E-state index in [-0.39, 0.29) is 12.5 Å². The molecule has 0 radical (unpaired) electrons. The molecule has 2 N–H and O–H groups in total. The molecule has 0 saturated heterocycles. The van der Waals surface area contributed by atoms with Crippen molar-refractivity contribution in [2.24, 2.45) is 0 Å². The number of aryl methyl sites for hydroxylation is 1. The first kappa shape index (κ1) is 22.4. The number of carbonyl (C=O) groups excluding carboxylic acids is 1. The van der Waals surface area contributed by atoms with Gasteiger partial charge in [-0.05, 0) is 50.3 Å². The maximum Gasteiger partial charge on any atom is 0.262 e. The smallest absolute Gasteiger partial charge is 0.262 e. The maximum absolute atomic E-state index is 12.2. The predicted molar refractivity (Wildman–Crippen MR) is 119 cm³/mol. The molecule has 152 valence electrons. The van der Waals surface area contributed by atoms with Gasteiger partial charge in [0.15, 0.2) is 6.61 Å². The van der Waals surface area contributed by atoms with Gasteiger partial charge in [0.1, 0.15) is 5.75 Å². The lowest BCUT2D eigenvalue weighted by molar-refractivity contribution is -0.118. The summed E-state index contributed by atoms with van der Waals surface area (Å²) < 4.78 is 6.78. The molecule has 0 heterocycles. The molecule has 0 unspecified atom stereocenters. The summed E-state index contributed by atoms with van der Waals surface area (Å²) >= 11 is 3.51. The fraction of sp³-hybridized carbons (Fsp3) is 0.409. The number of anilines is 1. The highest BCUT2D eigenvalue weighted by Crippen LogP contribution is 2.23. The van der Waals surface area contributed by atoms with Crippen molar-refractivity contribution in [2.75, 3.05) is 38.1 Å². The molecule has 0 aliphatic heterocycles. The van der Waals surface area contributed by atoms with Crippen LogP contribution in [0.3, 0.4) is 0 Å². The second-order valence-electron chi connectivity index (χ2n) is 6.66. The van der Waals surface area contributed by atoms with Crippen LogP contribution >= 0.6 is 15.9 Å². The maximum atomic E-state index is 12.2. The highest BCUT2D eigenvalue weighted by molar-refractivity contribution is 9.10. The third-order valence-corrected chi connectivity index (χ3v) is 5.02. The molecule has 0 bridgehead atoms. The Balaban J connectivity index is 1.86. The third-order valence-electron chi connectivity index (χ3n) is 4.53. The molecule has 0 aliphatic rings. The van der Waals surface area contributed by atoms with Gasteiger partial charge in [-0.3, -0.25) is 4.79 Å². The third kappa shape index (κ3) is 7.62. The zero-order chi connectivity index (χ0) is 20.4. The minimum atomic E-state index is -0.174. The molecule has 0 fully saturated rings. The lowest BCUT2D eigenvalue weighted by atomic mass is 10.2. The van der Waals surface area contributed by atoms with Gasteiger partial charge in [-0.15, -0.1) is 0 Å². The standard InChI is InChI=1S/C22H30BrN3O2/c1-4-26(5-2)13-12-24-15-18-14-19(23)8-11-21(18)28-16-22(27)25-20-9-6-17(3)7-10-20/h6-11,14,24H,4-5,12-13,15-16H2,1-3H3,(H,25,27). The van der Waals surface area contributed by atoms with Crippen LogP contribution in [0.15, 0.2) is 46.9 Å². The van der Waals surface area contributed by atoms with Crippen LogP contribution in [0.25, 0.3) is 0 Å². The summed E-state index contributed by atoms with van der Waals surface area (Å²) in [5, 5.41) is 6.31. The van der Waals surface area contributed by atoms with Gasteiger partial charge < -0.3 is 20.3 Å². The Labute approximate surface area is 176 Å². The normalized spacial score (nSPS) is 10.9. The van der Waals surface area contributed by atoms with Crippen LogP contribution in [0.5, 0.6) is 5.75 Å². The number of carbonyl (C=O) groups is 1. The highest BCUT2D eigenvalue weighted by Gasteiger charge is 2.09. The van der Waals surface area contributed by atoms with Crippen LogP contribution in [-0.4, -0.2) is 43.6 Å². The molecule has 0 aromatic heterocycles. The van der Waals surface area contributed by atoms with Gasteiger partial charge in [-0.1, -0.05) is 47.5 Å². The number of amides is 1. The fourth-order valence-electron chi connectivity index (χ4n) is 2.80. The van der Waals surface area contributed by atoms with Crippen LogP contribution in [0.4, 0.5) is 5.69 Å². The molecule has 2 aromatic rings. The summed E-state index contributed by atoms with van der Waals surface area (Å²) in [6.45, 7) is 11.0. The Morgan fingerprint density at radius 3 is 2.50 bits per heavy atom. The molecule has 2 aromatic carbocycles. The summed E-state index contributed by atoms with van der Waals surface area (Å²) in [7, 11) is 0. The fourth-order valence-corrected chi connectivity index (χ4v) is 3.21. The predicted octanol–water partition coefficient (Wildman–Crippen LogP) is 4.21.